The lowest BCUT2D eigenvalue weighted by molar-refractivity contribution is -0.124. The van der Waals surface area contributed by atoms with Crippen molar-refractivity contribution in [2.75, 3.05) is 50.7 Å². The number of hydrogen-bond acceptors (Lipinski definition) is 6. The van der Waals surface area contributed by atoms with Crippen LogP contribution in [-0.4, -0.2) is 79.1 Å². The quantitative estimate of drug-likeness (QED) is 0.301. The number of para-hydroxylation sites is 1. The van der Waals surface area contributed by atoms with E-state index in [0.29, 0.717) is 18.2 Å². The number of carbonyl (C=O) groups is 1. The lowest BCUT2D eigenvalue weighted by Gasteiger charge is -2.40. The number of hydroxylamine groups is 1. The second kappa shape index (κ2) is 10.1. The molecule has 0 spiro atoms. The molecule has 3 saturated heterocycles. The van der Waals surface area contributed by atoms with Crippen molar-refractivity contribution in [2.24, 2.45) is 11.8 Å². The number of hydrogen-bond donors (Lipinski definition) is 2. The van der Waals surface area contributed by atoms with Gasteiger partial charge in [0.05, 0.1) is 0 Å². The lowest BCUT2D eigenvalue weighted by atomic mass is 9.95. The summed E-state index contributed by atoms with van der Waals surface area (Å²) in [6.45, 7) is 12.1. The van der Waals surface area contributed by atoms with E-state index in [1.807, 2.05) is 18.2 Å². The smallest absolute Gasteiger partial charge is 0.267 e. The summed E-state index contributed by atoms with van der Waals surface area (Å²) in [6.07, 6.45) is 6.48. The molecule has 2 unspecified atom stereocenters. The number of benzene rings is 1. The topological polar surface area (TPSA) is 71.6 Å². The average Bonchev–Trinajstić information content (AvgIpc) is 3.60. The number of epoxide rings is 1. The van der Waals surface area contributed by atoms with Crippen LogP contribution in [0.25, 0.3) is 6.08 Å². The molecule has 0 saturated carbocycles. The van der Waals surface area contributed by atoms with Gasteiger partial charge in [0.15, 0.2) is 0 Å². The van der Waals surface area contributed by atoms with Gasteiger partial charge in [-0.1, -0.05) is 32.0 Å². The monoisotopic (exact) mass is 428 g/mol. The molecule has 2 atom stereocenters. The Kier molecular flexibility index (Phi) is 7.27. The summed E-state index contributed by atoms with van der Waals surface area (Å²) in [5, 5.41) is 8.70. The number of anilines is 1. The fraction of sp³-hybridized carbons (Fsp3) is 0.625. The first-order chi connectivity index (χ1) is 15.0. The molecule has 2 N–H and O–H groups in total. The highest BCUT2D eigenvalue weighted by Gasteiger charge is 2.46. The Balaban J connectivity index is 1.23. The van der Waals surface area contributed by atoms with Crippen molar-refractivity contribution >= 4 is 17.7 Å². The van der Waals surface area contributed by atoms with Crippen molar-refractivity contribution in [1.82, 2.24) is 15.3 Å². The summed E-state index contributed by atoms with van der Waals surface area (Å²) < 4.78 is 5.87. The minimum Gasteiger partial charge on any atom is -0.368 e. The van der Waals surface area contributed by atoms with E-state index in [0.717, 1.165) is 43.3 Å². The molecule has 3 aliphatic heterocycles. The highest BCUT2D eigenvalue weighted by atomic mass is 16.6. The number of nitrogens with zero attached hydrogens (tertiary/aromatic N) is 3. The van der Waals surface area contributed by atoms with Gasteiger partial charge in [0.2, 0.25) is 0 Å². The van der Waals surface area contributed by atoms with Crippen molar-refractivity contribution in [1.29, 1.82) is 0 Å². The molecule has 1 amide bonds. The van der Waals surface area contributed by atoms with Crippen LogP contribution in [0.2, 0.25) is 0 Å². The molecule has 1 aromatic rings. The Morgan fingerprint density at radius 3 is 2.52 bits per heavy atom. The zero-order valence-electron chi connectivity index (χ0n) is 18.7. The van der Waals surface area contributed by atoms with Crippen molar-refractivity contribution < 1.29 is 14.7 Å². The molecule has 0 bridgehead atoms. The van der Waals surface area contributed by atoms with E-state index >= 15 is 0 Å². The maximum atomic E-state index is 11.3. The van der Waals surface area contributed by atoms with Gasteiger partial charge in [-0.15, -0.1) is 0 Å². The Morgan fingerprint density at radius 2 is 1.87 bits per heavy atom. The molecule has 7 nitrogen and oxygen atoms in total. The van der Waals surface area contributed by atoms with E-state index in [-0.39, 0.29) is 0 Å². The minimum absolute atomic E-state index is 0.377. The second-order valence-electron chi connectivity index (χ2n) is 9.37. The van der Waals surface area contributed by atoms with Crippen LogP contribution in [0.5, 0.6) is 0 Å². The number of nitrogens with one attached hydrogen (secondary N) is 1. The summed E-state index contributed by atoms with van der Waals surface area (Å²) in [5.41, 5.74) is 3.78. The van der Waals surface area contributed by atoms with Crippen LogP contribution >= 0.6 is 0 Å². The lowest BCUT2D eigenvalue weighted by Crippen LogP contribution is -2.49. The van der Waals surface area contributed by atoms with Gasteiger partial charge in [-0.3, -0.25) is 19.8 Å². The molecule has 7 heteroatoms. The SMILES string of the molecule is CC(C)C1OC1N1CCC(CN2CCN(c3ccccc3/C=C/C(=O)NO)CC2)CC1. The standard InChI is InChI=1S/C24H36N4O3/c1-18(2)23-24(31-23)28-11-9-19(10-12-28)17-26-13-15-27(16-14-26)21-6-4-3-5-20(21)7-8-22(29)25-30/h3-8,18-19,23-24,30H,9-17H2,1-2H3,(H,25,29)/b8-7+. The molecule has 0 aliphatic carbocycles. The normalized spacial score (nSPS) is 26.0. The van der Waals surface area contributed by atoms with E-state index in [1.165, 1.54) is 38.6 Å². The number of likely N-dealkylation sites (tertiary alicyclic amines) is 1. The largest absolute Gasteiger partial charge is 0.368 e. The highest BCUT2D eigenvalue weighted by molar-refractivity contribution is 5.91. The third-order valence-electron chi connectivity index (χ3n) is 6.86. The molecule has 0 radical (unpaired) electrons. The Morgan fingerprint density at radius 1 is 1.16 bits per heavy atom. The van der Waals surface area contributed by atoms with Crippen LogP contribution in [0.15, 0.2) is 30.3 Å². The molecule has 0 aromatic heterocycles. The summed E-state index contributed by atoms with van der Waals surface area (Å²) in [5.74, 6) is 0.886. The van der Waals surface area contributed by atoms with Gasteiger partial charge in [0.1, 0.15) is 12.3 Å². The van der Waals surface area contributed by atoms with Gasteiger partial charge < -0.3 is 9.64 Å². The van der Waals surface area contributed by atoms with Crippen molar-refractivity contribution in [2.45, 2.75) is 39.0 Å². The number of carbonyl (C=O) groups excluding carboxylic acids is 1. The van der Waals surface area contributed by atoms with Crippen LogP contribution in [0.1, 0.15) is 32.3 Å². The number of piperidine rings is 1. The van der Waals surface area contributed by atoms with Gasteiger partial charge in [-0.05, 0) is 42.4 Å². The molecule has 31 heavy (non-hydrogen) atoms. The number of ether oxygens (including phenoxy) is 1. The fourth-order valence-corrected chi connectivity index (χ4v) is 4.94. The first kappa shape index (κ1) is 22.3. The van der Waals surface area contributed by atoms with Gasteiger partial charge >= 0.3 is 0 Å². The molecule has 3 heterocycles. The van der Waals surface area contributed by atoms with Crippen LogP contribution in [0, 0.1) is 11.8 Å². The molecule has 3 fully saturated rings. The van der Waals surface area contributed by atoms with Crippen LogP contribution in [0.3, 0.4) is 0 Å². The highest BCUT2D eigenvalue weighted by Crippen LogP contribution is 2.34. The minimum atomic E-state index is -0.515. The third-order valence-corrected chi connectivity index (χ3v) is 6.86. The fourth-order valence-electron chi connectivity index (χ4n) is 4.94. The predicted octanol–water partition coefficient (Wildman–Crippen LogP) is 2.42. The zero-order chi connectivity index (χ0) is 21.8. The van der Waals surface area contributed by atoms with Gasteiger partial charge in [0.25, 0.3) is 5.91 Å². The maximum absolute atomic E-state index is 11.3. The van der Waals surface area contributed by atoms with E-state index in [4.69, 9.17) is 9.94 Å². The van der Waals surface area contributed by atoms with Gasteiger partial charge in [-0.2, -0.15) is 0 Å². The van der Waals surface area contributed by atoms with E-state index in [1.54, 1.807) is 11.6 Å². The summed E-state index contributed by atoms with van der Waals surface area (Å²) in [7, 11) is 0. The maximum Gasteiger partial charge on any atom is 0.267 e. The average molecular weight is 429 g/mol. The third kappa shape index (κ3) is 5.66. The van der Waals surface area contributed by atoms with E-state index < -0.39 is 5.91 Å². The summed E-state index contributed by atoms with van der Waals surface area (Å²) in [4.78, 5) is 18.9. The first-order valence-corrected chi connectivity index (χ1v) is 11.6. The Labute approximate surface area is 185 Å². The molecule has 3 aliphatic rings. The molecule has 170 valence electrons. The molecule has 1 aromatic carbocycles. The van der Waals surface area contributed by atoms with Crippen LogP contribution in [-0.2, 0) is 9.53 Å². The van der Waals surface area contributed by atoms with Crippen LogP contribution < -0.4 is 10.4 Å². The predicted molar refractivity (Wildman–Crippen MR) is 122 cm³/mol. The Bertz CT molecular complexity index is 768. The summed E-state index contributed by atoms with van der Waals surface area (Å²) in [6, 6.07) is 8.11. The Hall–Kier alpha value is -1.93. The van der Waals surface area contributed by atoms with Crippen molar-refractivity contribution in [3.05, 3.63) is 35.9 Å². The molecular weight excluding hydrogens is 392 g/mol. The number of amides is 1. The number of rotatable bonds is 7. The van der Waals surface area contributed by atoms with Gasteiger partial charge in [0, 0.05) is 57.6 Å². The van der Waals surface area contributed by atoms with E-state index in [2.05, 4.69) is 34.6 Å². The van der Waals surface area contributed by atoms with Crippen molar-refractivity contribution in [3.8, 4) is 0 Å². The zero-order valence-corrected chi connectivity index (χ0v) is 18.7. The molecule has 4 rings (SSSR count). The van der Waals surface area contributed by atoms with Gasteiger partial charge in [-0.25, -0.2) is 5.48 Å². The van der Waals surface area contributed by atoms with Crippen molar-refractivity contribution in [3.63, 3.8) is 0 Å². The first-order valence-electron chi connectivity index (χ1n) is 11.6. The van der Waals surface area contributed by atoms with E-state index in [9.17, 15) is 4.79 Å². The van der Waals surface area contributed by atoms with Crippen LogP contribution in [0.4, 0.5) is 5.69 Å². The summed E-state index contributed by atoms with van der Waals surface area (Å²) >= 11 is 0. The number of piperazine rings is 1. The second-order valence-corrected chi connectivity index (χ2v) is 9.37. The molecular formula is C24H36N4O3.